The molecule has 0 aliphatic rings. The van der Waals surface area contributed by atoms with E-state index in [1.807, 2.05) is 48.7 Å². The van der Waals surface area contributed by atoms with E-state index in [-0.39, 0.29) is 17.6 Å². The van der Waals surface area contributed by atoms with E-state index < -0.39 is 0 Å². The Hall–Kier alpha value is -2.87. The van der Waals surface area contributed by atoms with Crippen molar-refractivity contribution < 1.29 is 9.32 Å². The monoisotopic (exact) mass is 383 g/mol. The molecule has 0 aliphatic carbocycles. The number of aromatic nitrogens is 4. The number of carbonyl (C=O) groups excluding carboxylic acids is 1. The largest absolute Gasteiger partial charge is 0.338 e. The number of amides is 1. The van der Waals surface area contributed by atoms with Gasteiger partial charge in [-0.15, -0.1) is 16.8 Å². The fourth-order valence-electron chi connectivity index (χ4n) is 2.41. The molecule has 0 spiro atoms. The summed E-state index contributed by atoms with van der Waals surface area (Å²) in [6.07, 6.45) is 1.78. The van der Waals surface area contributed by atoms with Gasteiger partial charge in [-0.25, -0.2) is 0 Å². The molecule has 1 amide bonds. The number of nitrogens with one attached hydrogen (secondary N) is 1. The maximum Gasteiger partial charge on any atom is 0.237 e. The van der Waals surface area contributed by atoms with Gasteiger partial charge in [0.2, 0.25) is 11.8 Å². The van der Waals surface area contributed by atoms with E-state index in [1.54, 1.807) is 12.1 Å². The molecular formula is C19H21N5O2S. The van der Waals surface area contributed by atoms with Crippen LogP contribution in [0.25, 0.3) is 11.4 Å². The third-order valence-corrected chi connectivity index (χ3v) is 4.74. The number of allylic oxidation sites excluding steroid dienone is 1. The first kappa shape index (κ1) is 18.9. The summed E-state index contributed by atoms with van der Waals surface area (Å²) >= 11 is 1.31. The lowest BCUT2D eigenvalue weighted by atomic mass is 10.1. The van der Waals surface area contributed by atoms with Gasteiger partial charge in [0.05, 0.1) is 11.4 Å². The van der Waals surface area contributed by atoms with Crippen molar-refractivity contribution >= 4 is 23.6 Å². The van der Waals surface area contributed by atoms with Gasteiger partial charge in [0.15, 0.2) is 11.0 Å². The molecule has 8 heteroatoms. The smallest absolute Gasteiger partial charge is 0.237 e. The Kier molecular flexibility index (Phi) is 6.08. The molecule has 1 aromatic carbocycles. The van der Waals surface area contributed by atoms with Crippen molar-refractivity contribution in [1.29, 1.82) is 0 Å². The van der Waals surface area contributed by atoms with Gasteiger partial charge < -0.3 is 4.52 Å². The molecule has 27 heavy (non-hydrogen) atoms. The van der Waals surface area contributed by atoms with Gasteiger partial charge in [0, 0.05) is 18.2 Å². The standard InChI is InChI=1S/C19H21N5O2S/c1-4-10-24-18(14-8-6-5-7-9-14)21-22-19(24)27-12-16(25)20-17-11-15(13(2)3)23-26-17/h4-9,11,13H,1,10,12H2,2-3H3,(H,20,25). The minimum Gasteiger partial charge on any atom is -0.338 e. The Balaban J connectivity index is 1.67. The van der Waals surface area contributed by atoms with Crippen LogP contribution in [0, 0.1) is 0 Å². The highest BCUT2D eigenvalue weighted by molar-refractivity contribution is 7.99. The normalized spacial score (nSPS) is 10.9. The van der Waals surface area contributed by atoms with Crippen LogP contribution in [0.2, 0.25) is 0 Å². The Morgan fingerprint density at radius 3 is 2.78 bits per heavy atom. The predicted molar refractivity (Wildman–Crippen MR) is 106 cm³/mol. The average Bonchev–Trinajstić information content (AvgIpc) is 3.28. The highest BCUT2D eigenvalue weighted by atomic mass is 32.2. The van der Waals surface area contributed by atoms with Gasteiger partial charge in [-0.3, -0.25) is 14.7 Å². The number of carbonyl (C=O) groups is 1. The summed E-state index contributed by atoms with van der Waals surface area (Å²) < 4.78 is 7.07. The summed E-state index contributed by atoms with van der Waals surface area (Å²) in [7, 11) is 0. The molecule has 3 rings (SSSR count). The lowest BCUT2D eigenvalue weighted by molar-refractivity contribution is -0.113. The summed E-state index contributed by atoms with van der Waals surface area (Å²) in [4.78, 5) is 12.2. The molecule has 7 nitrogen and oxygen atoms in total. The number of nitrogens with zero attached hydrogens (tertiary/aromatic N) is 4. The van der Waals surface area contributed by atoms with Crippen molar-refractivity contribution in [3.05, 3.63) is 54.7 Å². The maximum absolute atomic E-state index is 12.2. The molecule has 0 saturated carbocycles. The van der Waals surface area contributed by atoms with Gasteiger partial charge in [-0.05, 0) is 5.92 Å². The lowest BCUT2D eigenvalue weighted by Gasteiger charge is -2.07. The highest BCUT2D eigenvalue weighted by Gasteiger charge is 2.16. The van der Waals surface area contributed by atoms with Gasteiger partial charge in [0.25, 0.3) is 0 Å². The summed E-state index contributed by atoms with van der Waals surface area (Å²) in [5.74, 6) is 1.32. The summed E-state index contributed by atoms with van der Waals surface area (Å²) in [6.45, 7) is 8.37. The second-order valence-corrected chi connectivity index (χ2v) is 7.12. The number of hydrogen-bond donors (Lipinski definition) is 1. The van der Waals surface area contributed by atoms with E-state index in [9.17, 15) is 4.79 Å². The lowest BCUT2D eigenvalue weighted by Crippen LogP contribution is -2.14. The fourth-order valence-corrected chi connectivity index (χ4v) is 3.16. The minimum absolute atomic E-state index is 0.182. The predicted octanol–water partition coefficient (Wildman–Crippen LogP) is 3.97. The van der Waals surface area contributed by atoms with Gasteiger partial charge in [0.1, 0.15) is 0 Å². The average molecular weight is 383 g/mol. The molecule has 2 aromatic heterocycles. The molecule has 0 fully saturated rings. The van der Waals surface area contributed by atoms with E-state index in [2.05, 4.69) is 27.2 Å². The molecule has 1 N–H and O–H groups in total. The van der Waals surface area contributed by atoms with Crippen LogP contribution in [0.5, 0.6) is 0 Å². The van der Waals surface area contributed by atoms with Gasteiger partial charge in [-0.2, -0.15) is 0 Å². The highest BCUT2D eigenvalue weighted by Crippen LogP contribution is 2.24. The van der Waals surface area contributed by atoms with Crippen molar-refractivity contribution in [3.63, 3.8) is 0 Å². The number of benzene rings is 1. The molecule has 3 aromatic rings. The van der Waals surface area contributed by atoms with Crippen LogP contribution in [0.1, 0.15) is 25.5 Å². The Morgan fingerprint density at radius 1 is 1.33 bits per heavy atom. The first-order valence-corrected chi connectivity index (χ1v) is 9.55. The minimum atomic E-state index is -0.194. The van der Waals surface area contributed by atoms with E-state index >= 15 is 0 Å². The molecule has 140 valence electrons. The zero-order valence-electron chi connectivity index (χ0n) is 15.3. The second kappa shape index (κ2) is 8.68. The molecule has 0 saturated heterocycles. The molecule has 0 atom stereocenters. The van der Waals surface area contributed by atoms with Crippen LogP contribution in [-0.4, -0.2) is 31.6 Å². The van der Waals surface area contributed by atoms with Crippen LogP contribution in [0.4, 0.5) is 5.88 Å². The third-order valence-electron chi connectivity index (χ3n) is 3.78. The molecule has 0 bridgehead atoms. The molecule has 2 heterocycles. The summed E-state index contributed by atoms with van der Waals surface area (Å²) in [6, 6.07) is 11.5. The number of rotatable bonds is 8. The van der Waals surface area contributed by atoms with E-state index in [0.29, 0.717) is 17.6 Å². The van der Waals surface area contributed by atoms with E-state index in [4.69, 9.17) is 4.52 Å². The van der Waals surface area contributed by atoms with Crippen LogP contribution in [0.3, 0.4) is 0 Å². The molecule has 0 aliphatic heterocycles. The van der Waals surface area contributed by atoms with E-state index in [1.165, 1.54) is 11.8 Å². The van der Waals surface area contributed by atoms with Crippen molar-refractivity contribution in [2.24, 2.45) is 0 Å². The Morgan fingerprint density at radius 2 is 2.11 bits per heavy atom. The molecule has 0 radical (unpaired) electrons. The van der Waals surface area contributed by atoms with E-state index in [0.717, 1.165) is 17.1 Å². The Bertz CT molecular complexity index is 917. The zero-order valence-corrected chi connectivity index (χ0v) is 16.1. The topological polar surface area (TPSA) is 85.8 Å². The van der Waals surface area contributed by atoms with Crippen molar-refractivity contribution in [2.45, 2.75) is 31.5 Å². The van der Waals surface area contributed by atoms with Crippen LogP contribution in [0.15, 0.2) is 58.7 Å². The van der Waals surface area contributed by atoms with Gasteiger partial charge >= 0.3 is 0 Å². The van der Waals surface area contributed by atoms with Crippen molar-refractivity contribution in [1.82, 2.24) is 19.9 Å². The Labute approximate surface area is 161 Å². The van der Waals surface area contributed by atoms with Gasteiger partial charge in [-0.1, -0.05) is 67.2 Å². The fraction of sp³-hybridized carbons (Fsp3) is 0.263. The third kappa shape index (κ3) is 4.65. The first-order chi connectivity index (χ1) is 13.1. The van der Waals surface area contributed by atoms with Crippen molar-refractivity contribution in [3.8, 4) is 11.4 Å². The summed E-state index contributed by atoms with van der Waals surface area (Å²) in [5.41, 5.74) is 1.77. The zero-order chi connectivity index (χ0) is 19.2. The van der Waals surface area contributed by atoms with Crippen molar-refractivity contribution in [2.75, 3.05) is 11.1 Å². The van der Waals surface area contributed by atoms with Crippen LogP contribution >= 0.6 is 11.8 Å². The molecule has 0 unspecified atom stereocenters. The van der Waals surface area contributed by atoms with Crippen LogP contribution < -0.4 is 5.32 Å². The second-order valence-electron chi connectivity index (χ2n) is 6.18. The number of anilines is 1. The summed E-state index contributed by atoms with van der Waals surface area (Å²) in [5, 5.41) is 15.8. The first-order valence-electron chi connectivity index (χ1n) is 8.57. The number of hydrogen-bond acceptors (Lipinski definition) is 6. The molecular weight excluding hydrogens is 362 g/mol. The number of thioether (sulfide) groups is 1. The maximum atomic E-state index is 12.2. The SMILES string of the molecule is C=CCn1c(SCC(=O)Nc2cc(C(C)C)no2)nnc1-c1ccccc1. The quantitative estimate of drug-likeness (QED) is 0.468. The van der Waals surface area contributed by atoms with Crippen LogP contribution in [-0.2, 0) is 11.3 Å².